The molecule has 5 nitrogen and oxygen atoms in total. The normalized spacial score (nSPS) is 10.2. The van der Waals surface area contributed by atoms with E-state index >= 15 is 0 Å². The fraction of sp³-hybridized carbons (Fsp3) is 0.200. The number of para-hydroxylation sites is 1. The first-order valence-corrected chi connectivity index (χ1v) is 7.34. The van der Waals surface area contributed by atoms with Crippen molar-refractivity contribution in [3.05, 3.63) is 52.3 Å². The lowest BCUT2D eigenvalue weighted by molar-refractivity contribution is 0.0964. The Hall–Kier alpha value is -2.08. The topological polar surface area (TPSA) is 63.1 Å². The van der Waals surface area contributed by atoms with Crippen LogP contribution in [0.25, 0.3) is 0 Å². The van der Waals surface area contributed by atoms with Gasteiger partial charge in [0.25, 0.3) is 11.8 Å². The maximum absolute atomic E-state index is 12.4. The molecular formula is C15H16BrN3O2. The Kier molecular flexibility index (Phi) is 4.80. The van der Waals surface area contributed by atoms with Crippen molar-refractivity contribution in [2.45, 2.75) is 13.5 Å². The van der Waals surface area contributed by atoms with Crippen molar-refractivity contribution in [2.75, 3.05) is 12.4 Å². The van der Waals surface area contributed by atoms with Gasteiger partial charge in [-0.05, 0) is 41.1 Å². The van der Waals surface area contributed by atoms with E-state index < -0.39 is 0 Å². The van der Waals surface area contributed by atoms with Gasteiger partial charge in [-0.1, -0.05) is 12.1 Å². The van der Waals surface area contributed by atoms with Crippen molar-refractivity contribution in [3.8, 4) is 0 Å². The third kappa shape index (κ3) is 3.33. The summed E-state index contributed by atoms with van der Waals surface area (Å²) in [6.45, 7) is 2.65. The van der Waals surface area contributed by atoms with Gasteiger partial charge in [-0.25, -0.2) is 0 Å². The molecule has 0 radical (unpaired) electrons. The number of rotatable bonds is 4. The summed E-state index contributed by atoms with van der Waals surface area (Å²) in [4.78, 5) is 24.2. The van der Waals surface area contributed by atoms with Gasteiger partial charge in [0.05, 0.1) is 11.3 Å². The Bertz CT molecular complexity index is 679. The molecule has 1 heterocycles. The molecule has 0 spiro atoms. The quantitative estimate of drug-likeness (QED) is 0.891. The molecule has 21 heavy (non-hydrogen) atoms. The number of benzene rings is 1. The number of aromatic nitrogens is 1. The van der Waals surface area contributed by atoms with Crippen molar-refractivity contribution in [2.24, 2.45) is 0 Å². The lowest BCUT2D eigenvalue weighted by Crippen LogP contribution is -2.22. The molecule has 0 aliphatic rings. The number of hydrogen-bond donors (Lipinski definition) is 2. The maximum Gasteiger partial charge on any atom is 0.272 e. The van der Waals surface area contributed by atoms with E-state index in [2.05, 4.69) is 26.6 Å². The molecule has 2 aromatic rings. The van der Waals surface area contributed by atoms with Crippen LogP contribution in [0.15, 0.2) is 41.0 Å². The highest BCUT2D eigenvalue weighted by Crippen LogP contribution is 2.19. The number of carbonyl (C=O) groups excluding carboxylic acids is 2. The Balaban J connectivity index is 2.30. The number of halogens is 1. The van der Waals surface area contributed by atoms with Gasteiger partial charge >= 0.3 is 0 Å². The predicted molar refractivity (Wildman–Crippen MR) is 85.6 cm³/mol. The molecule has 0 aliphatic carbocycles. The molecule has 0 bridgehead atoms. The van der Waals surface area contributed by atoms with Crippen LogP contribution in [0.3, 0.4) is 0 Å². The van der Waals surface area contributed by atoms with Gasteiger partial charge in [0.15, 0.2) is 0 Å². The van der Waals surface area contributed by atoms with Gasteiger partial charge in [0, 0.05) is 24.3 Å². The Morgan fingerprint density at radius 2 is 1.95 bits per heavy atom. The van der Waals surface area contributed by atoms with Crippen LogP contribution in [0.2, 0.25) is 0 Å². The molecule has 2 amide bonds. The zero-order valence-corrected chi connectivity index (χ0v) is 13.4. The standard InChI is InChI=1S/C15H16BrN3O2/c1-3-19-9-10(16)8-13(19)15(21)18-12-7-5-4-6-11(12)14(20)17-2/h4-9H,3H2,1-2H3,(H,17,20)(H,18,21). The molecule has 6 heteroatoms. The van der Waals surface area contributed by atoms with Gasteiger partial charge in [0.2, 0.25) is 0 Å². The summed E-state index contributed by atoms with van der Waals surface area (Å²) >= 11 is 3.36. The van der Waals surface area contributed by atoms with Crippen LogP contribution >= 0.6 is 15.9 Å². The van der Waals surface area contributed by atoms with E-state index in [1.165, 1.54) is 0 Å². The molecule has 2 rings (SSSR count). The minimum absolute atomic E-state index is 0.238. The van der Waals surface area contributed by atoms with Crippen LogP contribution < -0.4 is 10.6 Å². The van der Waals surface area contributed by atoms with Crippen LogP contribution in [0, 0.1) is 0 Å². The monoisotopic (exact) mass is 349 g/mol. The lowest BCUT2D eigenvalue weighted by atomic mass is 10.1. The first kappa shape index (κ1) is 15.3. The van der Waals surface area contributed by atoms with E-state index in [4.69, 9.17) is 0 Å². The van der Waals surface area contributed by atoms with Gasteiger partial charge in [-0.3, -0.25) is 9.59 Å². The summed E-state index contributed by atoms with van der Waals surface area (Å²) in [6, 6.07) is 8.66. The second kappa shape index (κ2) is 6.58. The van der Waals surface area contributed by atoms with E-state index in [1.54, 1.807) is 37.4 Å². The predicted octanol–water partition coefficient (Wildman–Crippen LogP) is 2.88. The fourth-order valence-electron chi connectivity index (χ4n) is 2.04. The molecular weight excluding hydrogens is 334 g/mol. The maximum atomic E-state index is 12.4. The number of carbonyl (C=O) groups is 2. The van der Waals surface area contributed by atoms with E-state index in [0.29, 0.717) is 23.5 Å². The average molecular weight is 350 g/mol. The molecule has 2 N–H and O–H groups in total. The minimum atomic E-state index is -0.251. The summed E-state index contributed by atoms with van der Waals surface area (Å²) in [5, 5.41) is 5.35. The Morgan fingerprint density at radius 1 is 1.24 bits per heavy atom. The highest BCUT2D eigenvalue weighted by atomic mass is 79.9. The van der Waals surface area contributed by atoms with E-state index in [0.717, 1.165) is 4.47 Å². The van der Waals surface area contributed by atoms with Crippen LogP contribution in [0.4, 0.5) is 5.69 Å². The second-order valence-electron chi connectivity index (χ2n) is 4.41. The molecule has 0 saturated carbocycles. The molecule has 1 aromatic heterocycles. The van der Waals surface area contributed by atoms with E-state index in [-0.39, 0.29) is 11.8 Å². The zero-order chi connectivity index (χ0) is 15.4. The third-order valence-electron chi connectivity index (χ3n) is 3.08. The molecule has 0 atom stereocenters. The second-order valence-corrected chi connectivity index (χ2v) is 5.32. The molecule has 110 valence electrons. The summed E-state index contributed by atoms with van der Waals surface area (Å²) in [6.07, 6.45) is 1.85. The van der Waals surface area contributed by atoms with Gasteiger partial charge in [0.1, 0.15) is 5.69 Å². The highest BCUT2D eigenvalue weighted by Gasteiger charge is 2.16. The SMILES string of the molecule is CCn1cc(Br)cc1C(=O)Nc1ccccc1C(=O)NC. The average Bonchev–Trinajstić information content (AvgIpc) is 2.88. The zero-order valence-electron chi connectivity index (χ0n) is 11.8. The van der Waals surface area contributed by atoms with Crippen molar-refractivity contribution in [1.29, 1.82) is 0 Å². The van der Waals surface area contributed by atoms with E-state index in [1.807, 2.05) is 17.7 Å². The molecule has 0 fully saturated rings. The summed E-state index contributed by atoms with van der Waals surface area (Å²) in [5.41, 5.74) is 1.46. The summed E-state index contributed by atoms with van der Waals surface area (Å²) in [5.74, 6) is -0.489. The third-order valence-corrected chi connectivity index (χ3v) is 3.52. The van der Waals surface area contributed by atoms with Gasteiger partial charge < -0.3 is 15.2 Å². The van der Waals surface area contributed by atoms with Gasteiger partial charge in [-0.2, -0.15) is 0 Å². The number of amides is 2. The van der Waals surface area contributed by atoms with Crippen LogP contribution in [0.5, 0.6) is 0 Å². The van der Waals surface area contributed by atoms with Crippen molar-refractivity contribution >= 4 is 33.4 Å². The largest absolute Gasteiger partial charge is 0.355 e. The lowest BCUT2D eigenvalue weighted by Gasteiger charge is -2.11. The fourth-order valence-corrected chi connectivity index (χ4v) is 2.50. The number of aryl methyl sites for hydroxylation is 1. The van der Waals surface area contributed by atoms with Crippen molar-refractivity contribution in [3.63, 3.8) is 0 Å². The molecule has 1 aromatic carbocycles. The van der Waals surface area contributed by atoms with Crippen LogP contribution in [-0.2, 0) is 6.54 Å². The summed E-state index contributed by atoms with van der Waals surface area (Å²) in [7, 11) is 1.56. The number of hydrogen-bond acceptors (Lipinski definition) is 2. The number of anilines is 1. The first-order chi connectivity index (χ1) is 10.1. The minimum Gasteiger partial charge on any atom is -0.355 e. The number of nitrogens with one attached hydrogen (secondary N) is 2. The molecule has 0 saturated heterocycles. The summed E-state index contributed by atoms with van der Waals surface area (Å²) < 4.78 is 2.68. The Labute approximate surface area is 131 Å². The highest BCUT2D eigenvalue weighted by molar-refractivity contribution is 9.10. The molecule has 0 aliphatic heterocycles. The van der Waals surface area contributed by atoms with Crippen LogP contribution in [-0.4, -0.2) is 23.4 Å². The smallest absolute Gasteiger partial charge is 0.272 e. The Morgan fingerprint density at radius 3 is 2.62 bits per heavy atom. The van der Waals surface area contributed by atoms with Gasteiger partial charge in [-0.15, -0.1) is 0 Å². The number of nitrogens with zero attached hydrogens (tertiary/aromatic N) is 1. The van der Waals surface area contributed by atoms with Crippen LogP contribution in [0.1, 0.15) is 27.8 Å². The van der Waals surface area contributed by atoms with Crippen molar-refractivity contribution < 1.29 is 9.59 Å². The van der Waals surface area contributed by atoms with Crippen molar-refractivity contribution in [1.82, 2.24) is 9.88 Å². The first-order valence-electron chi connectivity index (χ1n) is 6.55. The molecule has 0 unspecified atom stereocenters. The van der Waals surface area contributed by atoms with E-state index in [9.17, 15) is 9.59 Å².